The lowest BCUT2D eigenvalue weighted by Gasteiger charge is -2.27. The summed E-state index contributed by atoms with van der Waals surface area (Å²) in [5.74, 6) is -0.123. The van der Waals surface area contributed by atoms with E-state index in [1.807, 2.05) is 24.3 Å². The molecule has 154 valence electrons. The van der Waals surface area contributed by atoms with Gasteiger partial charge in [0.05, 0.1) is 11.5 Å². The molecular formula is C22H23Cl2NO3S. The van der Waals surface area contributed by atoms with Crippen LogP contribution in [0.5, 0.6) is 0 Å². The molecule has 1 fully saturated rings. The van der Waals surface area contributed by atoms with E-state index in [9.17, 15) is 13.2 Å². The van der Waals surface area contributed by atoms with Crippen LogP contribution in [0, 0.1) is 0 Å². The molecule has 2 aromatic rings. The van der Waals surface area contributed by atoms with Gasteiger partial charge in [-0.05, 0) is 47.7 Å². The fraction of sp³-hybridized carbons (Fsp3) is 0.318. The van der Waals surface area contributed by atoms with Crippen LogP contribution in [0.2, 0.25) is 10.0 Å². The highest BCUT2D eigenvalue weighted by Gasteiger charge is 2.34. The molecule has 0 aliphatic carbocycles. The second-order valence-corrected chi connectivity index (χ2v) is 10.3. The SMILES string of the molecule is CCc1ccc(CN(C(=O)/C=C/c2ccc(Cl)cc2Cl)C2CCS(=O)(=O)C2)cc1. The summed E-state index contributed by atoms with van der Waals surface area (Å²) in [6.45, 7) is 2.45. The van der Waals surface area contributed by atoms with E-state index >= 15 is 0 Å². The van der Waals surface area contributed by atoms with E-state index in [0.29, 0.717) is 28.6 Å². The maximum Gasteiger partial charge on any atom is 0.247 e. The van der Waals surface area contributed by atoms with Crippen LogP contribution in [0.25, 0.3) is 6.08 Å². The van der Waals surface area contributed by atoms with E-state index in [-0.39, 0.29) is 23.5 Å². The lowest BCUT2D eigenvalue weighted by Crippen LogP contribution is -2.39. The van der Waals surface area contributed by atoms with Gasteiger partial charge in [0.2, 0.25) is 5.91 Å². The van der Waals surface area contributed by atoms with Gasteiger partial charge in [-0.2, -0.15) is 0 Å². The molecule has 2 aromatic carbocycles. The zero-order valence-electron chi connectivity index (χ0n) is 16.1. The summed E-state index contributed by atoms with van der Waals surface area (Å²) in [6, 6.07) is 12.8. The molecule has 0 radical (unpaired) electrons. The van der Waals surface area contributed by atoms with E-state index in [4.69, 9.17) is 23.2 Å². The highest BCUT2D eigenvalue weighted by Crippen LogP contribution is 2.24. The van der Waals surface area contributed by atoms with Crippen molar-refractivity contribution in [3.63, 3.8) is 0 Å². The summed E-state index contributed by atoms with van der Waals surface area (Å²) < 4.78 is 23.9. The molecule has 7 heteroatoms. The lowest BCUT2D eigenvalue weighted by atomic mass is 10.1. The average Bonchev–Trinajstić information content (AvgIpc) is 3.05. The van der Waals surface area contributed by atoms with Gasteiger partial charge in [-0.1, -0.05) is 60.5 Å². The maximum absolute atomic E-state index is 13.0. The maximum atomic E-state index is 13.0. The van der Waals surface area contributed by atoms with E-state index in [1.165, 1.54) is 11.6 Å². The Hall–Kier alpha value is -1.82. The van der Waals surface area contributed by atoms with Crippen LogP contribution in [0.3, 0.4) is 0 Å². The minimum Gasteiger partial charge on any atom is -0.331 e. The second kappa shape index (κ2) is 9.33. The van der Waals surface area contributed by atoms with Crippen LogP contribution in [-0.4, -0.2) is 36.8 Å². The van der Waals surface area contributed by atoms with Crippen molar-refractivity contribution in [3.05, 3.63) is 75.3 Å². The van der Waals surface area contributed by atoms with Gasteiger partial charge in [-0.15, -0.1) is 0 Å². The Balaban J connectivity index is 1.83. The monoisotopic (exact) mass is 451 g/mol. The fourth-order valence-electron chi connectivity index (χ4n) is 3.38. The number of carbonyl (C=O) groups excluding carboxylic acids is 1. The second-order valence-electron chi connectivity index (χ2n) is 7.19. The van der Waals surface area contributed by atoms with Gasteiger partial charge in [0, 0.05) is 28.7 Å². The Morgan fingerprint density at radius 3 is 2.41 bits per heavy atom. The van der Waals surface area contributed by atoms with Gasteiger partial charge < -0.3 is 4.90 Å². The molecule has 0 N–H and O–H groups in total. The predicted octanol–water partition coefficient (Wildman–Crippen LogP) is 4.78. The number of carbonyl (C=O) groups is 1. The quantitative estimate of drug-likeness (QED) is 0.593. The molecule has 1 heterocycles. The summed E-state index contributed by atoms with van der Waals surface area (Å²) >= 11 is 12.1. The first-order valence-electron chi connectivity index (χ1n) is 9.49. The van der Waals surface area contributed by atoms with E-state index < -0.39 is 9.84 Å². The number of amides is 1. The van der Waals surface area contributed by atoms with Gasteiger partial charge in [-0.3, -0.25) is 4.79 Å². The van der Waals surface area contributed by atoms with Gasteiger partial charge >= 0.3 is 0 Å². The molecule has 0 spiro atoms. The van der Waals surface area contributed by atoms with Crippen molar-refractivity contribution in [2.24, 2.45) is 0 Å². The van der Waals surface area contributed by atoms with Crippen molar-refractivity contribution in [2.45, 2.75) is 32.4 Å². The first-order chi connectivity index (χ1) is 13.8. The summed E-state index contributed by atoms with van der Waals surface area (Å²) in [4.78, 5) is 14.6. The number of benzene rings is 2. The zero-order chi connectivity index (χ0) is 21.0. The third-order valence-electron chi connectivity index (χ3n) is 5.08. The minimum absolute atomic E-state index is 0.00131. The van der Waals surface area contributed by atoms with Crippen LogP contribution < -0.4 is 0 Å². The van der Waals surface area contributed by atoms with Crippen LogP contribution in [0.15, 0.2) is 48.5 Å². The normalized spacial score (nSPS) is 18.2. The molecule has 0 saturated carbocycles. The van der Waals surface area contributed by atoms with Crippen LogP contribution >= 0.6 is 23.2 Å². The van der Waals surface area contributed by atoms with Gasteiger partial charge in [0.1, 0.15) is 0 Å². The van der Waals surface area contributed by atoms with Gasteiger partial charge in [0.15, 0.2) is 9.84 Å². The van der Waals surface area contributed by atoms with E-state index in [0.717, 1.165) is 12.0 Å². The third kappa shape index (κ3) is 5.84. The molecule has 1 saturated heterocycles. The summed E-state index contributed by atoms with van der Waals surface area (Å²) in [7, 11) is -3.11. The van der Waals surface area contributed by atoms with Crippen molar-refractivity contribution >= 4 is 45.0 Å². The van der Waals surface area contributed by atoms with Gasteiger partial charge in [-0.25, -0.2) is 8.42 Å². The average molecular weight is 452 g/mol. The topological polar surface area (TPSA) is 54.5 Å². The first kappa shape index (κ1) is 21.9. The first-order valence-corrected chi connectivity index (χ1v) is 12.1. The molecule has 1 atom stereocenters. The van der Waals surface area contributed by atoms with Crippen molar-refractivity contribution in [1.29, 1.82) is 0 Å². The number of hydrogen-bond acceptors (Lipinski definition) is 3. The van der Waals surface area contributed by atoms with Crippen molar-refractivity contribution in [1.82, 2.24) is 4.90 Å². The Labute approximate surface area is 182 Å². The number of halogens is 2. The molecular weight excluding hydrogens is 429 g/mol. The molecule has 0 aromatic heterocycles. The number of hydrogen-bond donors (Lipinski definition) is 0. The zero-order valence-corrected chi connectivity index (χ0v) is 18.5. The molecule has 1 aliphatic rings. The molecule has 29 heavy (non-hydrogen) atoms. The number of sulfone groups is 1. The molecule has 1 amide bonds. The Bertz CT molecular complexity index is 1020. The van der Waals surface area contributed by atoms with E-state index in [1.54, 1.807) is 29.2 Å². The molecule has 0 bridgehead atoms. The minimum atomic E-state index is -3.11. The molecule has 4 nitrogen and oxygen atoms in total. The fourth-order valence-corrected chi connectivity index (χ4v) is 5.58. The Morgan fingerprint density at radius 1 is 1.14 bits per heavy atom. The number of nitrogens with zero attached hydrogens (tertiary/aromatic N) is 1. The van der Waals surface area contributed by atoms with Crippen LogP contribution in [0.1, 0.15) is 30.0 Å². The van der Waals surface area contributed by atoms with Crippen molar-refractivity contribution < 1.29 is 13.2 Å². The summed E-state index contributed by atoms with van der Waals surface area (Å²) in [6.07, 6.45) is 4.48. The van der Waals surface area contributed by atoms with Crippen molar-refractivity contribution in [2.75, 3.05) is 11.5 Å². The van der Waals surface area contributed by atoms with Gasteiger partial charge in [0.25, 0.3) is 0 Å². The third-order valence-corrected chi connectivity index (χ3v) is 7.40. The molecule has 1 unspecified atom stereocenters. The largest absolute Gasteiger partial charge is 0.331 e. The smallest absolute Gasteiger partial charge is 0.247 e. The lowest BCUT2D eigenvalue weighted by molar-refractivity contribution is -0.128. The Morgan fingerprint density at radius 2 is 1.83 bits per heavy atom. The number of rotatable bonds is 6. The molecule has 1 aliphatic heterocycles. The number of aryl methyl sites for hydroxylation is 1. The highest BCUT2D eigenvalue weighted by atomic mass is 35.5. The Kier molecular flexibility index (Phi) is 7.04. The molecule has 3 rings (SSSR count). The van der Waals surface area contributed by atoms with Crippen LogP contribution in [-0.2, 0) is 27.6 Å². The standard InChI is InChI=1S/C22H23Cl2NO3S/c1-2-16-3-5-17(6-4-16)14-25(20-11-12-29(27,28)15-20)22(26)10-8-18-7-9-19(23)13-21(18)24/h3-10,13,20H,2,11-12,14-15H2,1H3/b10-8+. The predicted molar refractivity (Wildman–Crippen MR) is 119 cm³/mol. The summed E-state index contributed by atoms with van der Waals surface area (Å²) in [5, 5.41) is 0.971. The van der Waals surface area contributed by atoms with E-state index in [2.05, 4.69) is 6.92 Å². The van der Waals surface area contributed by atoms with Crippen molar-refractivity contribution in [3.8, 4) is 0 Å². The summed E-state index contributed by atoms with van der Waals surface area (Å²) in [5.41, 5.74) is 2.86. The van der Waals surface area contributed by atoms with Crippen LogP contribution in [0.4, 0.5) is 0 Å². The highest BCUT2D eigenvalue weighted by molar-refractivity contribution is 7.91.